The summed E-state index contributed by atoms with van der Waals surface area (Å²) in [5.41, 5.74) is 5.79. The Kier molecular flexibility index (Phi) is 6.08. The van der Waals surface area contributed by atoms with Crippen molar-refractivity contribution in [3.8, 4) is 0 Å². The summed E-state index contributed by atoms with van der Waals surface area (Å²) in [6.45, 7) is 3.60. The van der Waals surface area contributed by atoms with Crippen molar-refractivity contribution in [2.24, 2.45) is 0 Å². The Labute approximate surface area is 151 Å². The molecule has 0 fully saturated rings. The lowest BCUT2D eigenvalue weighted by atomic mass is 10.2. The molecule has 4 nitrogen and oxygen atoms in total. The van der Waals surface area contributed by atoms with Crippen LogP contribution in [0.2, 0.25) is 0 Å². The highest BCUT2D eigenvalue weighted by Gasteiger charge is 2.30. The number of amides is 1. The van der Waals surface area contributed by atoms with E-state index in [9.17, 15) is 18.0 Å². The number of alkyl halides is 3. The predicted molar refractivity (Wildman–Crippen MR) is 94.4 cm³/mol. The fraction of sp³-hybridized carbons (Fsp3) is 0.118. The van der Waals surface area contributed by atoms with Crippen molar-refractivity contribution in [1.29, 1.82) is 0 Å². The van der Waals surface area contributed by atoms with E-state index in [-0.39, 0.29) is 12.2 Å². The second-order valence-electron chi connectivity index (χ2n) is 5.09. The summed E-state index contributed by atoms with van der Waals surface area (Å²) in [5, 5.41) is 2.64. The minimum Gasteiger partial charge on any atom is -0.376 e. The number of rotatable bonds is 6. The van der Waals surface area contributed by atoms with Gasteiger partial charge >= 0.3 is 6.18 Å². The van der Waals surface area contributed by atoms with Gasteiger partial charge in [0.05, 0.1) is 17.8 Å². The minimum atomic E-state index is -4.43. The first-order valence-electron chi connectivity index (χ1n) is 7.16. The molecule has 2 aromatic carbocycles. The number of benzene rings is 2. The lowest BCUT2D eigenvalue weighted by Crippen LogP contribution is -2.39. The summed E-state index contributed by atoms with van der Waals surface area (Å²) in [7, 11) is 0. The number of hydrazine groups is 1. The van der Waals surface area contributed by atoms with Crippen LogP contribution < -0.4 is 16.2 Å². The van der Waals surface area contributed by atoms with Crippen molar-refractivity contribution in [2.75, 3.05) is 11.9 Å². The molecule has 1 amide bonds. The molecule has 2 rings (SSSR count). The normalized spacial score (nSPS) is 10.9. The Morgan fingerprint density at radius 1 is 1.08 bits per heavy atom. The van der Waals surface area contributed by atoms with Gasteiger partial charge in [0.2, 0.25) is 0 Å². The molecule has 8 heteroatoms. The highest BCUT2D eigenvalue weighted by Crippen LogP contribution is 2.30. The Balaban J connectivity index is 1.83. The molecule has 0 unspecified atom stereocenters. The van der Waals surface area contributed by atoms with Crippen LogP contribution >= 0.6 is 15.9 Å². The quantitative estimate of drug-likeness (QED) is 0.622. The molecule has 0 heterocycles. The molecule has 0 aromatic heterocycles. The van der Waals surface area contributed by atoms with Crippen LogP contribution in [0, 0.1) is 0 Å². The van der Waals surface area contributed by atoms with Gasteiger partial charge in [-0.2, -0.15) is 13.2 Å². The molecule has 132 valence electrons. The summed E-state index contributed by atoms with van der Waals surface area (Å²) in [4.78, 5) is 11.8. The van der Waals surface area contributed by atoms with E-state index in [0.717, 1.165) is 22.2 Å². The molecule has 0 saturated carbocycles. The zero-order valence-corrected chi connectivity index (χ0v) is 14.5. The minimum absolute atomic E-state index is 0.193. The van der Waals surface area contributed by atoms with Crippen LogP contribution in [0.4, 0.5) is 18.9 Å². The predicted octanol–water partition coefficient (Wildman–Crippen LogP) is 4.17. The molecule has 2 aromatic rings. The van der Waals surface area contributed by atoms with Crippen molar-refractivity contribution in [3.05, 3.63) is 70.7 Å². The number of nitrogens with one attached hydrogen (secondary N) is 3. The van der Waals surface area contributed by atoms with E-state index >= 15 is 0 Å². The molecular formula is C17H15BrF3N3O. The van der Waals surface area contributed by atoms with E-state index in [1.165, 1.54) is 12.1 Å². The van der Waals surface area contributed by atoms with Crippen molar-refractivity contribution in [3.63, 3.8) is 0 Å². The van der Waals surface area contributed by atoms with Gasteiger partial charge in [-0.15, -0.1) is 0 Å². The van der Waals surface area contributed by atoms with E-state index < -0.39 is 17.6 Å². The molecule has 0 saturated heterocycles. The Bertz CT molecular complexity index is 760. The molecule has 0 aliphatic rings. The number of hydrogen-bond donors (Lipinski definition) is 3. The number of anilines is 1. The summed E-state index contributed by atoms with van der Waals surface area (Å²) in [5.74, 6) is -0.448. The highest BCUT2D eigenvalue weighted by atomic mass is 79.9. The maximum Gasteiger partial charge on any atom is 0.416 e. The first-order valence-corrected chi connectivity index (χ1v) is 7.96. The van der Waals surface area contributed by atoms with Crippen LogP contribution in [-0.2, 0) is 11.0 Å². The molecule has 0 bridgehead atoms. The summed E-state index contributed by atoms with van der Waals surface area (Å²) >= 11 is 3.32. The third-order valence-corrected chi connectivity index (χ3v) is 3.72. The van der Waals surface area contributed by atoms with Crippen molar-refractivity contribution in [2.45, 2.75) is 6.18 Å². The largest absolute Gasteiger partial charge is 0.416 e. The fourth-order valence-electron chi connectivity index (χ4n) is 1.90. The Morgan fingerprint density at radius 2 is 1.76 bits per heavy atom. The maximum atomic E-state index is 12.6. The second-order valence-corrected chi connectivity index (χ2v) is 6.01. The molecule has 0 radical (unpaired) electrons. The van der Waals surface area contributed by atoms with Crippen LogP contribution in [0.5, 0.6) is 0 Å². The van der Waals surface area contributed by atoms with Gasteiger partial charge in [0.1, 0.15) is 0 Å². The van der Waals surface area contributed by atoms with Gasteiger partial charge in [-0.25, -0.2) is 0 Å². The molecule has 0 spiro atoms. The van der Waals surface area contributed by atoms with Gasteiger partial charge in [-0.05, 0) is 35.9 Å². The molecule has 3 N–H and O–H groups in total. The molecule has 0 aliphatic heterocycles. The average molecular weight is 414 g/mol. The molecule has 25 heavy (non-hydrogen) atoms. The number of halogens is 4. The van der Waals surface area contributed by atoms with Crippen LogP contribution in [0.15, 0.2) is 59.6 Å². The standard InChI is InChI=1S/C17H15BrF3N3O/c1-11(12-5-7-14(18)8-6-12)23-24-16(25)10-22-15-4-2-3-13(9-15)17(19,20)21/h2-9,22-23H,1,10H2,(H,24,25). The van der Waals surface area contributed by atoms with Gasteiger partial charge in [0.15, 0.2) is 0 Å². The van der Waals surface area contributed by atoms with E-state index in [1.54, 1.807) is 0 Å². The van der Waals surface area contributed by atoms with E-state index in [1.807, 2.05) is 24.3 Å². The lowest BCUT2D eigenvalue weighted by molar-refractivity contribution is -0.137. The number of carbonyl (C=O) groups excluding carboxylic acids is 1. The van der Waals surface area contributed by atoms with E-state index in [0.29, 0.717) is 5.70 Å². The van der Waals surface area contributed by atoms with Gasteiger partial charge in [0.25, 0.3) is 5.91 Å². The molecule has 0 aliphatic carbocycles. The fourth-order valence-corrected chi connectivity index (χ4v) is 2.16. The molecular weight excluding hydrogens is 399 g/mol. The van der Waals surface area contributed by atoms with Crippen LogP contribution in [0.1, 0.15) is 11.1 Å². The monoisotopic (exact) mass is 413 g/mol. The molecule has 0 atom stereocenters. The number of hydrogen-bond acceptors (Lipinski definition) is 3. The third-order valence-electron chi connectivity index (χ3n) is 3.19. The first kappa shape index (κ1) is 18.9. The van der Waals surface area contributed by atoms with E-state index in [2.05, 4.69) is 38.7 Å². The van der Waals surface area contributed by atoms with Crippen LogP contribution in [0.25, 0.3) is 5.70 Å². The zero-order chi connectivity index (χ0) is 18.4. The topological polar surface area (TPSA) is 53.2 Å². The van der Waals surface area contributed by atoms with Gasteiger partial charge in [-0.3, -0.25) is 15.6 Å². The smallest absolute Gasteiger partial charge is 0.376 e. The van der Waals surface area contributed by atoms with Crippen molar-refractivity contribution in [1.82, 2.24) is 10.9 Å². The first-order chi connectivity index (χ1) is 11.8. The summed E-state index contributed by atoms with van der Waals surface area (Å²) in [6.07, 6.45) is -4.43. The highest BCUT2D eigenvalue weighted by molar-refractivity contribution is 9.10. The Morgan fingerprint density at radius 3 is 2.40 bits per heavy atom. The lowest BCUT2D eigenvalue weighted by Gasteiger charge is -2.13. The maximum absolute atomic E-state index is 12.6. The van der Waals surface area contributed by atoms with Gasteiger partial charge in [-0.1, -0.05) is 40.7 Å². The van der Waals surface area contributed by atoms with Gasteiger partial charge < -0.3 is 5.32 Å². The average Bonchev–Trinajstić information content (AvgIpc) is 2.58. The van der Waals surface area contributed by atoms with Crippen molar-refractivity contribution >= 4 is 33.2 Å². The summed E-state index contributed by atoms with van der Waals surface area (Å²) in [6, 6.07) is 11.9. The Hall–Kier alpha value is -2.48. The van der Waals surface area contributed by atoms with E-state index in [4.69, 9.17) is 0 Å². The van der Waals surface area contributed by atoms with Gasteiger partial charge in [0, 0.05) is 10.2 Å². The second kappa shape index (κ2) is 8.06. The zero-order valence-electron chi connectivity index (χ0n) is 13.0. The van der Waals surface area contributed by atoms with Crippen LogP contribution in [0.3, 0.4) is 0 Å². The van der Waals surface area contributed by atoms with Crippen LogP contribution in [-0.4, -0.2) is 12.5 Å². The SMILES string of the molecule is C=C(NNC(=O)CNc1cccc(C(F)(F)F)c1)c1ccc(Br)cc1. The summed E-state index contributed by atoms with van der Waals surface area (Å²) < 4.78 is 38.8. The third kappa shape index (κ3) is 5.82. The van der Waals surface area contributed by atoms with Crippen molar-refractivity contribution < 1.29 is 18.0 Å². The number of carbonyl (C=O) groups is 1.